The minimum Gasteiger partial charge on any atom is -0.368 e. The smallest absolute Gasteiger partial charge is 0.240 e. The fourth-order valence-corrected chi connectivity index (χ4v) is 5.79. The molecular formula is C25H35N3O3. The molecule has 1 aromatic rings. The molecule has 3 amide bonds. The van der Waals surface area contributed by atoms with E-state index in [0.29, 0.717) is 31.2 Å². The molecule has 6 heteroatoms. The first-order valence-electron chi connectivity index (χ1n) is 11.9. The molecule has 0 bridgehead atoms. The molecule has 2 heterocycles. The van der Waals surface area contributed by atoms with Crippen molar-refractivity contribution in [2.45, 2.75) is 63.8 Å². The van der Waals surface area contributed by atoms with Gasteiger partial charge in [0.15, 0.2) is 0 Å². The first-order chi connectivity index (χ1) is 15.0. The molecule has 0 radical (unpaired) electrons. The van der Waals surface area contributed by atoms with Gasteiger partial charge in [-0.05, 0) is 43.1 Å². The Labute approximate surface area is 185 Å². The first kappa shape index (κ1) is 21.8. The van der Waals surface area contributed by atoms with Gasteiger partial charge in [-0.1, -0.05) is 49.6 Å². The molecule has 1 saturated carbocycles. The molecule has 0 aromatic heterocycles. The van der Waals surface area contributed by atoms with Crippen LogP contribution in [0.25, 0.3) is 0 Å². The summed E-state index contributed by atoms with van der Waals surface area (Å²) in [6, 6.07) is 9.12. The Morgan fingerprint density at radius 1 is 0.968 bits per heavy atom. The van der Waals surface area contributed by atoms with Crippen molar-refractivity contribution in [2.24, 2.45) is 23.5 Å². The van der Waals surface area contributed by atoms with Crippen molar-refractivity contribution in [1.29, 1.82) is 0 Å². The molecule has 2 N–H and O–H groups in total. The molecule has 3 fully saturated rings. The second-order valence-corrected chi connectivity index (χ2v) is 9.62. The van der Waals surface area contributed by atoms with Crippen molar-refractivity contribution in [1.82, 2.24) is 9.80 Å². The van der Waals surface area contributed by atoms with E-state index in [1.165, 1.54) is 6.42 Å². The Kier molecular flexibility index (Phi) is 6.93. The number of primary amides is 1. The highest BCUT2D eigenvalue weighted by molar-refractivity contribution is 5.87. The van der Waals surface area contributed by atoms with E-state index in [0.717, 1.165) is 57.2 Å². The van der Waals surface area contributed by atoms with Crippen molar-refractivity contribution >= 4 is 17.7 Å². The number of carbonyl (C=O) groups is 3. The monoisotopic (exact) mass is 425 g/mol. The Hall–Kier alpha value is -2.37. The summed E-state index contributed by atoms with van der Waals surface area (Å²) in [6.07, 6.45) is 8.22. The van der Waals surface area contributed by atoms with Crippen LogP contribution in [0.2, 0.25) is 0 Å². The van der Waals surface area contributed by atoms with Crippen LogP contribution in [0.5, 0.6) is 0 Å². The van der Waals surface area contributed by atoms with Crippen LogP contribution in [0.4, 0.5) is 0 Å². The maximum absolute atomic E-state index is 13.1. The standard InChI is InChI=1S/C25H35N3O3/c26-24(30)22(15-18-7-3-1-4-8-18)28-14-12-21-17-27(13-11-20(21)16-23(28)29)25(31)19-9-5-2-6-10-19/h1,3-4,7-8,19-22H,2,5-6,9-17H2,(H2,26,30)/t20-,21+,22-/m0/s1. The normalized spacial score (nSPS) is 26.1. The molecular weight excluding hydrogens is 390 g/mol. The van der Waals surface area contributed by atoms with E-state index >= 15 is 0 Å². The van der Waals surface area contributed by atoms with Crippen LogP contribution in [0.3, 0.4) is 0 Å². The lowest BCUT2D eigenvalue weighted by molar-refractivity contribution is -0.140. The SMILES string of the molecule is NC(=O)[C@H](Cc1ccccc1)N1CC[C@@H]2CN(C(=O)C3CCCCC3)CC[C@H]2CC1=O. The van der Waals surface area contributed by atoms with Gasteiger partial charge in [-0.3, -0.25) is 14.4 Å². The zero-order valence-corrected chi connectivity index (χ0v) is 18.4. The predicted octanol–water partition coefficient (Wildman–Crippen LogP) is 2.75. The number of benzene rings is 1. The van der Waals surface area contributed by atoms with Crippen LogP contribution in [0.15, 0.2) is 30.3 Å². The minimum absolute atomic E-state index is 0.0271. The van der Waals surface area contributed by atoms with Crippen LogP contribution < -0.4 is 5.73 Å². The number of amides is 3. The summed E-state index contributed by atoms with van der Waals surface area (Å²) in [5.41, 5.74) is 6.74. The van der Waals surface area contributed by atoms with Crippen molar-refractivity contribution < 1.29 is 14.4 Å². The number of carbonyl (C=O) groups excluding carboxylic acids is 3. The molecule has 2 aliphatic heterocycles. The summed E-state index contributed by atoms with van der Waals surface area (Å²) in [6.45, 7) is 2.04. The van der Waals surface area contributed by atoms with Crippen LogP contribution in [-0.4, -0.2) is 53.2 Å². The zero-order valence-electron chi connectivity index (χ0n) is 18.4. The minimum atomic E-state index is -0.616. The molecule has 1 aromatic carbocycles. The second-order valence-electron chi connectivity index (χ2n) is 9.62. The number of hydrogen-bond acceptors (Lipinski definition) is 3. The number of piperidine rings is 1. The lowest BCUT2D eigenvalue weighted by atomic mass is 9.81. The van der Waals surface area contributed by atoms with E-state index in [2.05, 4.69) is 4.90 Å². The maximum atomic E-state index is 13.1. The van der Waals surface area contributed by atoms with Gasteiger partial charge in [0, 0.05) is 38.4 Å². The molecule has 1 aliphatic carbocycles. The molecule has 2 saturated heterocycles. The topological polar surface area (TPSA) is 83.7 Å². The van der Waals surface area contributed by atoms with Crippen molar-refractivity contribution in [2.75, 3.05) is 19.6 Å². The van der Waals surface area contributed by atoms with Gasteiger partial charge in [-0.2, -0.15) is 0 Å². The summed E-state index contributed by atoms with van der Waals surface area (Å²) in [7, 11) is 0. The third-order valence-electron chi connectivity index (χ3n) is 7.63. The summed E-state index contributed by atoms with van der Waals surface area (Å²) >= 11 is 0. The molecule has 3 aliphatic rings. The zero-order chi connectivity index (χ0) is 21.8. The number of hydrogen-bond donors (Lipinski definition) is 1. The van der Waals surface area contributed by atoms with E-state index in [9.17, 15) is 14.4 Å². The van der Waals surface area contributed by atoms with E-state index in [1.807, 2.05) is 30.3 Å². The second kappa shape index (κ2) is 9.84. The van der Waals surface area contributed by atoms with E-state index < -0.39 is 11.9 Å². The first-order valence-corrected chi connectivity index (χ1v) is 11.9. The van der Waals surface area contributed by atoms with Gasteiger partial charge in [-0.25, -0.2) is 0 Å². The number of likely N-dealkylation sites (tertiary alicyclic amines) is 2. The number of nitrogens with two attached hydrogens (primary N) is 1. The van der Waals surface area contributed by atoms with Gasteiger partial charge in [0.1, 0.15) is 6.04 Å². The lowest BCUT2D eigenvalue weighted by Gasteiger charge is -2.39. The summed E-state index contributed by atoms with van der Waals surface area (Å²) in [5.74, 6) is 0.707. The quantitative estimate of drug-likeness (QED) is 0.787. The van der Waals surface area contributed by atoms with Crippen LogP contribution in [0, 0.1) is 17.8 Å². The van der Waals surface area contributed by atoms with E-state index in [4.69, 9.17) is 5.73 Å². The number of rotatable bonds is 5. The van der Waals surface area contributed by atoms with Gasteiger partial charge >= 0.3 is 0 Å². The fraction of sp³-hybridized carbons (Fsp3) is 0.640. The molecule has 3 atom stereocenters. The highest BCUT2D eigenvalue weighted by Crippen LogP contribution is 2.35. The van der Waals surface area contributed by atoms with Crippen LogP contribution in [0.1, 0.15) is 56.9 Å². The lowest BCUT2D eigenvalue weighted by Crippen LogP contribution is -2.49. The molecule has 0 spiro atoms. The molecule has 168 valence electrons. The predicted molar refractivity (Wildman–Crippen MR) is 119 cm³/mol. The largest absolute Gasteiger partial charge is 0.368 e. The summed E-state index contributed by atoms with van der Waals surface area (Å²) in [4.78, 5) is 42.2. The van der Waals surface area contributed by atoms with Crippen molar-refractivity contribution in [3.8, 4) is 0 Å². The Morgan fingerprint density at radius 3 is 2.39 bits per heavy atom. The molecule has 6 nitrogen and oxygen atoms in total. The highest BCUT2D eigenvalue weighted by Gasteiger charge is 2.40. The van der Waals surface area contributed by atoms with Gasteiger partial charge < -0.3 is 15.5 Å². The van der Waals surface area contributed by atoms with Crippen molar-refractivity contribution in [3.63, 3.8) is 0 Å². The highest BCUT2D eigenvalue weighted by atomic mass is 16.2. The molecule has 4 rings (SSSR count). The Bertz CT molecular complexity index is 790. The fourth-order valence-electron chi connectivity index (χ4n) is 5.79. The third kappa shape index (κ3) is 5.10. The summed E-state index contributed by atoms with van der Waals surface area (Å²) in [5, 5.41) is 0. The maximum Gasteiger partial charge on any atom is 0.240 e. The van der Waals surface area contributed by atoms with Gasteiger partial charge in [0.25, 0.3) is 0 Å². The van der Waals surface area contributed by atoms with Gasteiger partial charge in [-0.15, -0.1) is 0 Å². The average Bonchev–Trinajstić information content (AvgIpc) is 2.95. The summed E-state index contributed by atoms with van der Waals surface area (Å²) < 4.78 is 0. The Morgan fingerprint density at radius 2 is 1.68 bits per heavy atom. The number of nitrogens with zero attached hydrogens (tertiary/aromatic N) is 2. The average molecular weight is 426 g/mol. The van der Waals surface area contributed by atoms with Gasteiger partial charge in [0.2, 0.25) is 17.7 Å². The molecule has 0 unspecified atom stereocenters. The third-order valence-corrected chi connectivity index (χ3v) is 7.63. The Balaban J connectivity index is 1.42. The van der Waals surface area contributed by atoms with Crippen LogP contribution >= 0.6 is 0 Å². The van der Waals surface area contributed by atoms with Gasteiger partial charge in [0.05, 0.1) is 0 Å². The van der Waals surface area contributed by atoms with E-state index in [1.54, 1.807) is 4.90 Å². The molecule has 31 heavy (non-hydrogen) atoms. The van der Waals surface area contributed by atoms with Crippen LogP contribution in [-0.2, 0) is 20.8 Å². The number of fused-ring (bicyclic) bond motifs is 1. The van der Waals surface area contributed by atoms with E-state index in [-0.39, 0.29) is 17.7 Å². The van der Waals surface area contributed by atoms with Crippen molar-refractivity contribution in [3.05, 3.63) is 35.9 Å².